The van der Waals surface area contributed by atoms with Crippen LogP contribution in [0.3, 0.4) is 0 Å². The van der Waals surface area contributed by atoms with Crippen LogP contribution in [0.2, 0.25) is 0 Å². The molecule has 0 spiro atoms. The van der Waals surface area contributed by atoms with Gasteiger partial charge in [-0.05, 0) is 32.0 Å². The Bertz CT molecular complexity index is 458. The van der Waals surface area contributed by atoms with E-state index >= 15 is 0 Å². The summed E-state index contributed by atoms with van der Waals surface area (Å²) in [6.07, 6.45) is 0. The fraction of sp³-hybridized carbons (Fsp3) is 0.385. The van der Waals surface area contributed by atoms with Crippen molar-refractivity contribution in [1.82, 2.24) is 0 Å². The number of carbonyl (C=O) groups excluding carboxylic acids is 2. The summed E-state index contributed by atoms with van der Waals surface area (Å²) in [5, 5.41) is 0. The van der Waals surface area contributed by atoms with Gasteiger partial charge in [0.15, 0.2) is 18.1 Å². The number of esters is 1. The van der Waals surface area contributed by atoms with Gasteiger partial charge in [-0.25, -0.2) is 4.79 Å². The molecule has 19 heavy (non-hydrogen) atoms. The molecule has 0 saturated carbocycles. The Morgan fingerprint density at radius 2 is 1.74 bits per heavy atom. The van der Waals surface area contributed by atoms with E-state index in [9.17, 15) is 9.59 Å². The zero-order valence-electron chi connectivity index (χ0n) is 11.0. The zero-order valence-corrected chi connectivity index (χ0v) is 11.0. The average molecular weight is 267 g/mol. The van der Waals surface area contributed by atoms with E-state index in [0.717, 1.165) is 0 Å². The molecule has 0 radical (unpaired) electrons. The molecule has 0 aliphatic carbocycles. The SMILES string of the molecule is CCOc1ccc(C(=O)OCC(N)=O)cc1OCC. The maximum Gasteiger partial charge on any atom is 0.338 e. The molecule has 0 aliphatic rings. The van der Waals surface area contributed by atoms with Crippen molar-refractivity contribution >= 4 is 11.9 Å². The minimum atomic E-state index is -0.704. The van der Waals surface area contributed by atoms with Crippen LogP contribution in [0.5, 0.6) is 11.5 Å². The Hall–Kier alpha value is -2.24. The van der Waals surface area contributed by atoms with Gasteiger partial charge in [-0.1, -0.05) is 0 Å². The number of rotatable bonds is 7. The lowest BCUT2D eigenvalue weighted by atomic mass is 10.2. The summed E-state index contributed by atoms with van der Waals surface area (Å²) in [6.45, 7) is 4.17. The molecule has 1 amide bonds. The van der Waals surface area contributed by atoms with Gasteiger partial charge in [0.1, 0.15) is 0 Å². The van der Waals surface area contributed by atoms with Gasteiger partial charge in [0.05, 0.1) is 18.8 Å². The van der Waals surface area contributed by atoms with Crippen molar-refractivity contribution in [2.45, 2.75) is 13.8 Å². The third-order valence-electron chi connectivity index (χ3n) is 2.12. The Morgan fingerprint density at radius 1 is 1.11 bits per heavy atom. The molecule has 1 aromatic carbocycles. The summed E-state index contributed by atoms with van der Waals surface area (Å²) in [4.78, 5) is 22.2. The summed E-state index contributed by atoms with van der Waals surface area (Å²) in [5.74, 6) is -0.333. The highest BCUT2D eigenvalue weighted by molar-refractivity contribution is 5.91. The van der Waals surface area contributed by atoms with Crippen LogP contribution < -0.4 is 15.2 Å². The molecule has 6 heteroatoms. The van der Waals surface area contributed by atoms with Crippen molar-refractivity contribution in [3.05, 3.63) is 23.8 Å². The van der Waals surface area contributed by atoms with Crippen molar-refractivity contribution < 1.29 is 23.8 Å². The molecular formula is C13H17NO5. The molecule has 0 saturated heterocycles. The normalized spacial score (nSPS) is 9.79. The number of primary amides is 1. The third-order valence-corrected chi connectivity index (χ3v) is 2.12. The largest absolute Gasteiger partial charge is 0.490 e. The van der Waals surface area contributed by atoms with Gasteiger partial charge in [-0.3, -0.25) is 4.79 Å². The lowest BCUT2D eigenvalue weighted by Gasteiger charge is -2.11. The van der Waals surface area contributed by atoms with Gasteiger partial charge in [0.2, 0.25) is 0 Å². The van der Waals surface area contributed by atoms with Crippen LogP contribution >= 0.6 is 0 Å². The first-order valence-corrected chi connectivity index (χ1v) is 5.93. The quantitative estimate of drug-likeness (QED) is 0.748. The summed E-state index contributed by atoms with van der Waals surface area (Å²) >= 11 is 0. The van der Waals surface area contributed by atoms with Gasteiger partial charge in [-0.15, -0.1) is 0 Å². The molecule has 0 bridgehead atoms. The molecule has 1 rings (SSSR count). The summed E-state index contributed by atoms with van der Waals surface area (Å²) in [7, 11) is 0. The molecule has 0 unspecified atom stereocenters. The second-order valence-electron chi connectivity index (χ2n) is 3.57. The van der Waals surface area contributed by atoms with E-state index in [1.54, 1.807) is 6.07 Å². The number of ether oxygens (including phenoxy) is 3. The number of carbonyl (C=O) groups is 2. The molecule has 2 N–H and O–H groups in total. The molecule has 104 valence electrons. The van der Waals surface area contributed by atoms with Gasteiger partial charge in [0.25, 0.3) is 5.91 Å². The van der Waals surface area contributed by atoms with Crippen LogP contribution in [0.15, 0.2) is 18.2 Å². The van der Waals surface area contributed by atoms with E-state index < -0.39 is 18.5 Å². The molecule has 0 aromatic heterocycles. The molecule has 0 fully saturated rings. The first-order valence-electron chi connectivity index (χ1n) is 5.93. The van der Waals surface area contributed by atoms with E-state index in [1.165, 1.54) is 12.1 Å². The first kappa shape index (κ1) is 14.8. The topological polar surface area (TPSA) is 87.9 Å². The average Bonchev–Trinajstić information content (AvgIpc) is 2.38. The molecule has 0 aliphatic heterocycles. The molecule has 0 heterocycles. The minimum absolute atomic E-state index is 0.271. The Labute approximate surface area is 111 Å². The number of hydrogen-bond acceptors (Lipinski definition) is 5. The predicted octanol–water partition coefficient (Wildman–Crippen LogP) is 1.13. The maximum absolute atomic E-state index is 11.6. The van der Waals surface area contributed by atoms with E-state index in [-0.39, 0.29) is 5.56 Å². The van der Waals surface area contributed by atoms with Crippen LogP contribution in [-0.4, -0.2) is 31.7 Å². The van der Waals surface area contributed by atoms with Crippen LogP contribution in [0, 0.1) is 0 Å². The lowest BCUT2D eigenvalue weighted by molar-refractivity contribution is -0.121. The second-order valence-corrected chi connectivity index (χ2v) is 3.57. The molecular weight excluding hydrogens is 250 g/mol. The Kier molecular flexibility index (Phi) is 5.66. The monoisotopic (exact) mass is 267 g/mol. The van der Waals surface area contributed by atoms with Crippen molar-refractivity contribution in [2.75, 3.05) is 19.8 Å². The van der Waals surface area contributed by atoms with E-state index in [1.807, 2.05) is 13.8 Å². The number of hydrogen-bond donors (Lipinski definition) is 1. The van der Waals surface area contributed by atoms with Crippen molar-refractivity contribution in [3.63, 3.8) is 0 Å². The highest BCUT2D eigenvalue weighted by atomic mass is 16.5. The zero-order chi connectivity index (χ0) is 14.3. The van der Waals surface area contributed by atoms with Crippen LogP contribution in [-0.2, 0) is 9.53 Å². The predicted molar refractivity (Wildman–Crippen MR) is 68.3 cm³/mol. The standard InChI is InChI=1S/C13H17NO5/c1-3-17-10-6-5-9(7-11(10)18-4-2)13(16)19-8-12(14)15/h5-7H,3-4,8H2,1-2H3,(H2,14,15). The van der Waals surface area contributed by atoms with Gasteiger partial charge < -0.3 is 19.9 Å². The van der Waals surface area contributed by atoms with Crippen molar-refractivity contribution in [3.8, 4) is 11.5 Å². The van der Waals surface area contributed by atoms with Gasteiger partial charge in [-0.2, -0.15) is 0 Å². The van der Waals surface area contributed by atoms with Gasteiger partial charge >= 0.3 is 5.97 Å². The maximum atomic E-state index is 11.6. The van der Waals surface area contributed by atoms with Gasteiger partial charge in [0, 0.05) is 0 Å². The fourth-order valence-electron chi connectivity index (χ4n) is 1.40. The lowest BCUT2D eigenvalue weighted by Crippen LogP contribution is -2.20. The number of nitrogens with two attached hydrogens (primary N) is 1. The molecule has 1 aromatic rings. The Morgan fingerprint density at radius 3 is 2.32 bits per heavy atom. The fourth-order valence-corrected chi connectivity index (χ4v) is 1.40. The van der Waals surface area contributed by atoms with Crippen molar-refractivity contribution in [1.29, 1.82) is 0 Å². The Balaban J connectivity index is 2.87. The highest BCUT2D eigenvalue weighted by Crippen LogP contribution is 2.28. The highest BCUT2D eigenvalue weighted by Gasteiger charge is 2.13. The molecule has 0 atom stereocenters. The third kappa shape index (κ3) is 4.50. The smallest absolute Gasteiger partial charge is 0.338 e. The second kappa shape index (κ2) is 7.25. The number of benzene rings is 1. The van der Waals surface area contributed by atoms with Crippen LogP contribution in [0.25, 0.3) is 0 Å². The number of amides is 1. The summed E-state index contributed by atoms with van der Waals surface area (Å²) < 4.78 is 15.5. The van der Waals surface area contributed by atoms with Crippen LogP contribution in [0.1, 0.15) is 24.2 Å². The minimum Gasteiger partial charge on any atom is -0.490 e. The first-order chi connectivity index (χ1) is 9.08. The van der Waals surface area contributed by atoms with E-state index in [4.69, 9.17) is 19.9 Å². The van der Waals surface area contributed by atoms with Crippen LogP contribution in [0.4, 0.5) is 0 Å². The summed E-state index contributed by atoms with van der Waals surface area (Å²) in [6, 6.07) is 4.67. The van der Waals surface area contributed by atoms with E-state index in [2.05, 4.69) is 0 Å². The summed E-state index contributed by atoms with van der Waals surface area (Å²) in [5.41, 5.74) is 5.17. The van der Waals surface area contributed by atoms with E-state index in [0.29, 0.717) is 24.7 Å². The van der Waals surface area contributed by atoms with Crippen molar-refractivity contribution in [2.24, 2.45) is 5.73 Å². The molecule has 6 nitrogen and oxygen atoms in total.